The molecule has 0 saturated carbocycles. The summed E-state index contributed by atoms with van der Waals surface area (Å²) < 4.78 is 13.1. The molecule has 29 heavy (non-hydrogen) atoms. The maximum absolute atomic E-state index is 13.4. The molecule has 0 aliphatic carbocycles. The molecule has 0 radical (unpaired) electrons. The van der Waals surface area contributed by atoms with E-state index in [2.05, 4.69) is 5.32 Å². The van der Waals surface area contributed by atoms with E-state index in [0.29, 0.717) is 22.0 Å². The molecule has 1 fully saturated rings. The van der Waals surface area contributed by atoms with Gasteiger partial charge in [0.05, 0.1) is 10.6 Å². The Morgan fingerprint density at radius 3 is 2.52 bits per heavy atom. The normalized spacial score (nSPS) is 18.6. The standard InChI is InChI=1S/C21H16ClFN2O2S2/c22-16-5-2-1-4-15(16)20(27)25-17(12-29-21(25)18-6-3-11-28-18)19(26)24-14-9-7-13(23)8-10-14/h1-11,17,21H,12H2,(H,24,26). The Kier molecular flexibility index (Phi) is 5.89. The fraction of sp³-hybridized carbons (Fsp3) is 0.143. The lowest BCUT2D eigenvalue weighted by molar-refractivity contribution is -0.119. The zero-order valence-corrected chi connectivity index (χ0v) is 17.4. The molecule has 2 unspecified atom stereocenters. The van der Waals surface area contributed by atoms with Gasteiger partial charge in [0.15, 0.2) is 0 Å². The average Bonchev–Trinajstić information content (AvgIpc) is 3.39. The van der Waals surface area contributed by atoms with Gasteiger partial charge in [-0.2, -0.15) is 0 Å². The van der Waals surface area contributed by atoms with E-state index in [9.17, 15) is 14.0 Å². The summed E-state index contributed by atoms with van der Waals surface area (Å²) in [5, 5.41) is 4.80. The summed E-state index contributed by atoms with van der Waals surface area (Å²) in [6.07, 6.45) is 0. The summed E-state index contributed by atoms with van der Waals surface area (Å²) in [5.41, 5.74) is 0.837. The molecule has 1 aliphatic rings. The molecule has 2 heterocycles. The van der Waals surface area contributed by atoms with Crippen molar-refractivity contribution >= 4 is 52.2 Å². The highest BCUT2D eigenvalue weighted by atomic mass is 35.5. The van der Waals surface area contributed by atoms with Gasteiger partial charge in [-0.25, -0.2) is 4.39 Å². The summed E-state index contributed by atoms with van der Waals surface area (Å²) >= 11 is 9.33. The highest BCUT2D eigenvalue weighted by Crippen LogP contribution is 2.44. The number of thioether (sulfide) groups is 1. The third-order valence-corrected chi connectivity index (χ3v) is 7.25. The quantitative estimate of drug-likeness (QED) is 0.580. The fourth-order valence-corrected chi connectivity index (χ4v) is 5.75. The number of rotatable bonds is 4. The van der Waals surface area contributed by atoms with Crippen LogP contribution >= 0.6 is 34.7 Å². The minimum Gasteiger partial charge on any atom is -0.324 e. The lowest BCUT2D eigenvalue weighted by Crippen LogP contribution is -2.45. The second kappa shape index (κ2) is 8.57. The number of halogens is 2. The topological polar surface area (TPSA) is 49.4 Å². The highest BCUT2D eigenvalue weighted by Gasteiger charge is 2.43. The predicted octanol–water partition coefficient (Wildman–Crippen LogP) is 5.44. The Labute approximate surface area is 180 Å². The van der Waals surface area contributed by atoms with E-state index >= 15 is 0 Å². The molecule has 148 valence electrons. The third-order valence-electron chi connectivity index (χ3n) is 4.54. The van der Waals surface area contributed by atoms with Crippen molar-refractivity contribution in [3.05, 3.63) is 87.3 Å². The van der Waals surface area contributed by atoms with Crippen LogP contribution in [0.1, 0.15) is 20.6 Å². The van der Waals surface area contributed by atoms with Gasteiger partial charge in [0.2, 0.25) is 5.91 Å². The molecule has 2 atom stereocenters. The van der Waals surface area contributed by atoms with E-state index in [1.807, 2.05) is 17.5 Å². The molecule has 2 amide bonds. The van der Waals surface area contributed by atoms with Crippen molar-refractivity contribution in [2.45, 2.75) is 11.4 Å². The second-order valence-corrected chi connectivity index (χ2v) is 8.90. The SMILES string of the molecule is O=C(Nc1ccc(F)cc1)C1CSC(c2cccs2)N1C(=O)c1ccccc1Cl. The Balaban J connectivity index is 1.65. The number of thiophene rings is 1. The summed E-state index contributed by atoms with van der Waals surface area (Å²) in [4.78, 5) is 29.0. The van der Waals surface area contributed by atoms with Crippen LogP contribution in [0.5, 0.6) is 0 Å². The maximum atomic E-state index is 13.4. The molecule has 8 heteroatoms. The summed E-state index contributed by atoms with van der Waals surface area (Å²) in [5.74, 6) is -0.541. The van der Waals surface area contributed by atoms with Gasteiger partial charge in [0.25, 0.3) is 5.91 Å². The number of nitrogens with zero attached hydrogens (tertiary/aromatic N) is 1. The van der Waals surface area contributed by atoms with Crippen molar-refractivity contribution in [3.8, 4) is 0 Å². The fourth-order valence-electron chi connectivity index (χ4n) is 3.14. The average molecular weight is 447 g/mol. The molecule has 1 aromatic heterocycles. The molecule has 1 saturated heterocycles. The van der Waals surface area contributed by atoms with Gasteiger partial charge < -0.3 is 10.2 Å². The first-order valence-electron chi connectivity index (χ1n) is 8.83. The minimum absolute atomic E-state index is 0.275. The Morgan fingerprint density at radius 2 is 1.83 bits per heavy atom. The molecule has 0 spiro atoms. The smallest absolute Gasteiger partial charge is 0.257 e. The maximum Gasteiger partial charge on any atom is 0.257 e. The third kappa shape index (κ3) is 4.17. The molecule has 0 bridgehead atoms. The van der Waals surface area contributed by atoms with E-state index in [1.165, 1.54) is 47.4 Å². The summed E-state index contributed by atoms with van der Waals surface area (Å²) in [7, 11) is 0. The van der Waals surface area contributed by atoms with Crippen molar-refractivity contribution < 1.29 is 14.0 Å². The first kappa shape index (κ1) is 19.9. The first-order valence-corrected chi connectivity index (χ1v) is 11.1. The van der Waals surface area contributed by atoms with Crippen LogP contribution in [0.2, 0.25) is 5.02 Å². The van der Waals surface area contributed by atoms with Crippen LogP contribution < -0.4 is 5.32 Å². The van der Waals surface area contributed by atoms with E-state index in [-0.39, 0.29) is 23.0 Å². The van der Waals surface area contributed by atoms with Gasteiger partial charge >= 0.3 is 0 Å². The van der Waals surface area contributed by atoms with Gasteiger partial charge in [0, 0.05) is 16.3 Å². The van der Waals surface area contributed by atoms with Crippen molar-refractivity contribution in [2.24, 2.45) is 0 Å². The molecular formula is C21H16ClFN2O2S2. The molecule has 1 N–H and O–H groups in total. The number of carbonyl (C=O) groups excluding carboxylic acids is 2. The molecule has 1 aliphatic heterocycles. The van der Waals surface area contributed by atoms with Gasteiger partial charge in [-0.15, -0.1) is 23.1 Å². The van der Waals surface area contributed by atoms with Crippen molar-refractivity contribution in [2.75, 3.05) is 11.1 Å². The van der Waals surface area contributed by atoms with E-state index in [1.54, 1.807) is 29.2 Å². The molecule has 3 aromatic rings. The number of amides is 2. The van der Waals surface area contributed by atoms with E-state index in [0.717, 1.165) is 4.88 Å². The minimum atomic E-state index is -0.680. The molecule has 4 nitrogen and oxygen atoms in total. The lowest BCUT2D eigenvalue weighted by Gasteiger charge is -2.28. The van der Waals surface area contributed by atoms with Crippen molar-refractivity contribution in [1.82, 2.24) is 4.90 Å². The van der Waals surface area contributed by atoms with Crippen LogP contribution in [0.25, 0.3) is 0 Å². The molecular weight excluding hydrogens is 431 g/mol. The summed E-state index contributed by atoms with van der Waals surface area (Å²) in [6.45, 7) is 0. The first-order chi connectivity index (χ1) is 14.0. The van der Waals surface area contributed by atoms with Crippen LogP contribution in [0.4, 0.5) is 10.1 Å². The Hall–Kier alpha value is -2.35. The van der Waals surface area contributed by atoms with E-state index in [4.69, 9.17) is 11.6 Å². The summed E-state index contributed by atoms with van der Waals surface area (Å²) in [6, 6.07) is 15.6. The monoisotopic (exact) mass is 446 g/mol. The van der Waals surface area contributed by atoms with Crippen LogP contribution in [-0.2, 0) is 4.79 Å². The Morgan fingerprint density at radius 1 is 1.07 bits per heavy atom. The van der Waals surface area contributed by atoms with Gasteiger partial charge in [-0.3, -0.25) is 9.59 Å². The number of hydrogen-bond acceptors (Lipinski definition) is 4. The van der Waals surface area contributed by atoms with Crippen molar-refractivity contribution in [1.29, 1.82) is 0 Å². The zero-order valence-electron chi connectivity index (χ0n) is 15.0. The van der Waals surface area contributed by atoms with Crippen LogP contribution in [0.15, 0.2) is 66.0 Å². The van der Waals surface area contributed by atoms with E-state index < -0.39 is 6.04 Å². The Bertz CT molecular complexity index is 1030. The largest absolute Gasteiger partial charge is 0.324 e. The number of anilines is 1. The van der Waals surface area contributed by atoms with Gasteiger partial charge in [-0.1, -0.05) is 29.8 Å². The number of nitrogens with one attached hydrogen (secondary N) is 1. The molecule has 4 rings (SSSR count). The number of hydrogen-bond donors (Lipinski definition) is 1. The molecule has 2 aromatic carbocycles. The van der Waals surface area contributed by atoms with Crippen LogP contribution in [0.3, 0.4) is 0 Å². The predicted molar refractivity (Wildman–Crippen MR) is 116 cm³/mol. The lowest BCUT2D eigenvalue weighted by atomic mass is 10.1. The highest BCUT2D eigenvalue weighted by molar-refractivity contribution is 7.99. The van der Waals surface area contributed by atoms with Gasteiger partial charge in [-0.05, 0) is 47.8 Å². The van der Waals surface area contributed by atoms with Crippen LogP contribution in [0, 0.1) is 5.82 Å². The van der Waals surface area contributed by atoms with Crippen LogP contribution in [-0.4, -0.2) is 28.5 Å². The van der Waals surface area contributed by atoms with Crippen molar-refractivity contribution in [3.63, 3.8) is 0 Å². The van der Waals surface area contributed by atoms with Gasteiger partial charge in [0.1, 0.15) is 17.2 Å². The second-order valence-electron chi connectivity index (χ2n) is 6.41. The number of carbonyl (C=O) groups is 2. The zero-order chi connectivity index (χ0) is 20.4. The number of benzene rings is 2.